The number of allylic oxidation sites excluding steroid dienone is 2. The Hall–Kier alpha value is -2.20. The minimum absolute atomic E-state index is 0.0278. The first kappa shape index (κ1) is 65.3. The molecule has 8 fully saturated rings. The van der Waals surface area contributed by atoms with E-state index in [1.807, 2.05) is 13.8 Å². The number of hydrogen-bond acceptors (Lipinski definition) is 26. The van der Waals surface area contributed by atoms with Crippen molar-refractivity contribution in [3.8, 4) is 0 Å². The summed E-state index contributed by atoms with van der Waals surface area (Å²) in [5, 5.41) is 155. The standard InChI is InChI=1S/C57H92O26/c1-23(60)76-22-57-26(16-52(3,4)47(46(57)73)77-24(2)61)25-10-11-32-54(7)14-13-34(53(5,6)31(54)12-15-55(32,8)56(25,9)17-33(57)63)81-51-45(83-50-42(71)39(68)37(66)29(19-59)79-50)43(72)44(82-49-41(70)38(67)36(65)28(18-58)78-49)30(80-51)21-75-48-40(69)35(64)27(62)20-74-48/h10,26-51,58-59,62-73H,11-22H2,1-9H3/t26-,27-,28-,29-,30-,31+,32-,33-,34+,35-,36-,37-,38+,39+,40-,41-,42-,43+,44-,45-,46+,47+,48-,49+,50+,51+,54+,55-,56-,57+/m1/s1. The molecule has 83 heavy (non-hydrogen) atoms. The van der Waals surface area contributed by atoms with Crippen molar-refractivity contribution in [2.45, 2.75) is 248 Å². The number of carbonyl (C=O) groups is 2. The molecule has 0 amide bonds. The molecule has 9 rings (SSSR count). The molecule has 4 saturated heterocycles. The fourth-order valence-electron chi connectivity index (χ4n) is 17.1. The van der Waals surface area contributed by atoms with E-state index in [1.54, 1.807) is 0 Å². The molecule has 4 heterocycles. The fraction of sp³-hybridized carbons (Fsp3) is 0.930. The molecule has 0 aromatic heterocycles. The Kier molecular flexibility index (Phi) is 18.8. The number of aliphatic hydroxyl groups is 14. The van der Waals surface area contributed by atoms with E-state index >= 15 is 0 Å². The molecule has 26 nitrogen and oxygen atoms in total. The number of hydrogen-bond donors (Lipinski definition) is 14. The van der Waals surface area contributed by atoms with Gasteiger partial charge in [-0.3, -0.25) is 9.59 Å². The number of esters is 2. The van der Waals surface area contributed by atoms with E-state index in [4.69, 9.17) is 47.4 Å². The lowest BCUT2D eigenvalue weighted by Crippen LogP contribution is -2.72. The summed E-state index contributed by atoms with van der Waals surface area (Å²) in [6.45, 7) is 14.3. The van der Waals surface area contributed by atoms with Gasteiger partial charge < -0.3 is 119 Å². The van der Waals surface area contributed by atoms with Gasteiger partial charge in [0.2, 0.25) is 0 Å². The highest BCUT2D eigenvalue weighted by molar-refractivity contribution is 5.66. The number of carbonyl (C=O) groups excluding carboxylic acids is 2. The third-order valence-corrected chi connectivity index (χ3v) is 21.9. The first-order valence-electron chi connectivity index (χ1n) is 29.3. The van der Waals surface area contributed by atoms with E-state index in [9.17, 15) is 81.1 Å². The van der Waals surface area contributed by atoms with Gasteiger partial charge in [0.1, 0.15) is 110 Å². The average molecular weight is 1190 g/mol. The lowest BCUT2D eigenvalue weighted by molar-refractivity contribution is -0.398. The molecule has 4 saturated carbocycles. The van der Waals surface area contributed by atoms with Gasteiger partial charge in [-0.2, -0.15) is 0 Å². The molecule has 0 aromatic carbocycles. The van der Waals surface area contributed by atoms with Crippen LogP contribution in [0, 0.1) is 50.2 Å². The SMILES string of the molecule is CC(=O)OC[C@@]12[C@H](O)C[C@]3(C)C(=CC[C@@H]4[C@@]5(C)CC[C@H](O[C@@H]6O[C@H](CO[C@H]7OC[C@@H](O)[C@@H](O)[C@H]7O)[C@@H](O[C@@H]7O[C@H](CO)[C@@H](O)[C@H](O)[C@H]7O)[C@H](O)[C@H]6O[C@@H]6O[C@H](CO)[C@@H](O)[C@H](O)[C@H]6O)C(C)(C)[C@@H]5CC[C@]43C)[C@H]1CC(C)(C)[C@@H](OC(C)=O)[C@@H]2O. The second-order valence-corrected chi connectivity index (χ2v) is 27.3. The Morgan fingerprint density at radius 2 is 1.19 bits per heavy atom. The van der Waals surface area contributed by atoms with Crippen molar-refractivity contribution < 1.29 is 128 Å². The molecule has 4 aliphatic heterocycles. The van der Waals surface area contributed by atoms with E-state index in [0.717, 1.165) is 5.57 Å². The van der Waals surface area contributed by atoms with Gasteiger partial charge in [0, 0.05) is 19.3 Å². The summed E-state index contributed by atoms with van der Waals surface area (Å²) in [4.78, 5) is 25.0. The predicted molar refractivity (Wildman–Crippen MR) is 280 cm³/mol. The first-order valence-corrected chi connectivity index (χ1v) is 29.3. The zero-order valence-corrected chi connectivity index (χ0v) is 48.7. The van der Waals surface area contributed by atoms with Gasteiger partial charge in [0.25, 0.3) is 0 Å². The third kappa shape index (κ3) is 11.0. The van der Waals surface area contributed by atoms with Crippen molar-refractivity contribution in [3.63, 3.8) is 0 Å². The summed E-state index contributed by atoms with van der Waals surface area (Å²) in [5.41, 5.74) is -3.23. The average Bonchev–Trinajstić information content (AvgIpc) is 1.11. The molecule has 26 heteroatoms. The zero-order chi connectivity index (χ0) is 61.0. The fourth-order valence-corrected chi connectivity index (χ4v) is 17.1. The van der Waals surface area contributed by atoms with Crippen LogP contribution in [0.15, 0.2) is 11.6 Å². The summed E-state index contributed by atoms with van der Waals surface area (Å²) in [6.07, 6.45) is -31.8. The monoisotopic (exact) mass is 1190 g/mol. The van der Waals surface area contributed by atoms with Crippen LogP contribution < -0.4 is 0 Å². The second-order valence-electron chi connectivity index (χ2n) is 27.3. The first-order chi connectivity index (χ1) is 38.7. The summed E-state index contributed by atoms with van der Waals surface area (Å²) in [5.74, 6) is -1.65. The molecule has 9 aliphatic rings. The Labute approximate surface area is 482 Å². The van der Waals surface area contributed by atoms with Crippen LogP contribution in [0.4, 0.5) is 0 Å². The van der Waals surface area contributed by atoms with E-state index in [0.29, 0.717) is 38.5 Å². The zero-order valence-electron chi connectivity index (χ0n) is 48.7. The topological polar surface area (TPSA) is 410 Å². The maximum atomic E-state index is 12.7. The molecule has 5 aliphatic carbocycles. The van der Waals surface area contributed by atoms with Crippen LogP contribution in [0.25, 0.3) is 0 Å². The van der Waals surface area contributed by atoms with Gasteiger partial charge in [-0.15, -0.1) is 0 Å². The normalized spacial score (nSPS) is 52.2. The molecule has 0 spiro atoms. The molecule has 30 atom stereocenters. The van der Waals surface area contributed by atoms with Gasteiger partial charge in [0.05, 0.1) is 44.1 Å². The number of rotatable bonds is 14. The second kappa shape index (κ2) is 24.0. The van der Waals surface area contributed by atoms with Crippen LogP contribution in [-0.2, 0) is 57.0 Å². The van der Waals surface area contributed by atoms with E-state index in [-0.39, 0.29) is 30.3 Å². The Bertz CT molecular complexity index is 2320. The van der Waals surface area contributed by atoms with Gasteiger partial charge in [-0.25, -0.2) is 0 Å². The third-order valence-electron chi connectivity index (χ3n) is 21.9. The highest BCUT2D eigenvalue weighted by Gasteiger charge is 2.73. The van der Waals surface area contributed by atoms with Gasteiger partial charge in [-0.1, -0.05) is 60.1 Å². The molecule has 0 unspecified atom stereocenters. The molecule has 0 radical (unpaired) electrons. The van der Waals surface area contributed by atoms with E-state index < -0.39 is 212 Å². The predicted octanol–water partition coefficient (Wildman–Crippen LogP) is -2.87. The van der Waals surface area contributed by atoms with Crippen LogP contribution >= 0.6 is 0 Å². The van der Waals surface area contributed by atoms with Gasteiger partial charge >= 0.3 is 11.9 Å². The minimum atomic E-state index is -2.00. The smallest absolute Gasteiger partial charge is 0.303 e. The molecular weight excluding hydrogens is 1100 g/mol. The summed E-state index contributed by atoms with van der Waals surface area (Å²) >= 11 is 0. The number of fused-ring (bicyclic) bond motifs is 7. The quantitative estimate of drug-likeness (QED) is 0.0472. The number of ether oxygens (including phenoxy) is 10. The van der Waals surface area contributed by atoms with Crippen molar-refractivity contribution in [2.75, 3.05) is 33.0 Å². The van der Waals surface area contributed by atoms with Crippen LogP contribution in [0.3, 0.4) is 0 Å². The van der Waals surface area contributed by atoms with Crippen molar-refractivity contribution in [1.82, 2.24) is 0 Å². The Morgan fingerprint density at radius 1 is 0.614 bits per heavy atom. The molecular formula is C57H92O26. The van der Waals surface area contributed by atoms with Crippen molar-refractivity contribution >= 4 is 11.9 Å². The van der Waals surface area contributed by atoms with Gasteiger partial charge in [0.15, 0.2) is 25.2 Å². The molecule has 0 bridgehead atoms. The van der Waals surface area contributed by atoms with Crippen LogP contribution in [-0.4, -0.2) is 258 Å². The summed E-state index contributed by atoms with van der Waals surface area (Å²) < 4.78 is 60.6. The Balaban J connectivity index is 1.04. The van der Waals surface area contributed by atoms with Crippen LogP contribution in [0.1, 0.15) is 107 Å². The lowest BCUT2D eigenvalue weighted by atomic mass is 9.33. The van der Waals surface area contributed by atoms with Crippen molar-refractivity contribution in [1.29, 1.82) is 0 Å². The van der Waals surface area contributed by atoms with E-state index in [2.05, 4.69) is 40.7 Å². The molecule has 14 N–H and O–H groups in total. The highest BCUT2D eigenvalue weighted by Crippen LogP contribution is 2.76. The summed E-state index contributed by atoms with van der Waals surface area (Å²) in [6, 6.07) is 0. The van der Waals surface area contributed by atoms with Crippen LogP contribution in [0.2, 0.25) is 0 Å². The molecule has 0 aromatic rings. The number of aliphatic hydroxyl groups excluding tert-OH is 14. The van der Waals surface area contributed by atoms with Crippen molar-refractivity contribution in [3.05, 3.63) is 11.6 Å². The summed E-state index contributed by atoms with van der Waals surface area (Å²) in [7, 11) is 0. The lowest BCUT2D eigenvalue weighted by Gasteiger charge is -2.72. The maximum absolute atomic E-state index is 12.7. The van der Waals surface area contributed by atoms with Crippen molar-refractivity contribution in [2.24, 2.45) is 50.2 Å². The largest absolute Gasteiger partial charge is 0.465 e. The van der Waals surface area contributed by atoms with E-state index in [1.165, 1.54) is 13.8 Å². The molecule has 476 valence electrons. The highest BCUT2D eigenvalue weighted by atomic mass is 16.8. The maximum Gasteiger partial charge on any atom is 0.303 e. The Morgan fingerprint density at radius 3 is 1.77 bits per heavy atom. The minimum Gasteiger partial charge on any atom is -0.465 e. The van der Waals surface area contributed by atoms with Crippen LogP contribution in [0.5, 0.6) is 0 Å². The van der Waals surface area contributed by atoms with Gasteiger partial charge in [-0.05, 0) is 84.4 Å².